The van der Waals surface area contributed by atoms with Gasteiger partial charge in [-0.1, -0.05) is 29.0 Å². The van der Waals surface area contributed by atoms with Gasteiger partial charge < -0.3 is 9.47 Å². The maximum atomic E-state index is 13.0. The Morgan fingerprint density at radius 2 is 1.93 bits per heavy atom. The lowest BCUT2D eigenvalue weighted by molar-refractivity contribution is 0.135. The molecule has 6 nitrogen and oxygen atoms in total. The number of halogens is 1. The van der Waals surface area contributed by atoms with E-state index in [4.69, 9.17) is 21.1 Å². The molecule has 0 bridgehead atoms. The van der Waals surface area contributed by atoms with Gasteiger partial charge >= 0.3 is 0 Å². The van der Waals surface area contributed by atoms with Gasteiger partial charge in [-0.3, -0.25) is 0 Å². The van der Waals surface area contributed by atoms with Crippen molar-refractivity contribution < 1.29 is 17.9 Å². The molecule has 0 saturated carbocycles. The van der Waals surface area contributed by atoms with Gasteiger partial charge in [0.1, 0.15) is 11.9 Å². The average molecular weight is 453 g/mol. The first-order valence-electron chi connectivity index (χ1n) is 9.24. The van der Waals surface area contributed by atoms with Crippen molar-refractivity contribution in [3.05, 3.63) is 47.0 Å². The summed E-state index contributed by atoms with van der Waals surface area (Å²) >= 11 is 7.48. The number of nitrogens with zero attached hydrogens (tertiary/aromatic N) is 2. The number of sulfonamides is 1. The molecule has 0 aliphatic carbocycles. The number of thiazole rings is 1. The van der Waals surface area contributed by atoms with E-state index < -0.39 is 10.0 Å². The van der Waals surface area contributed by atoms with E-state index in [-0.39, 0.29) is 11.0 Å². The van der Waals surface area contributed by atoms with E-state index in [2.05, 4.69) is 4.98 Å². The van der Waals surface area contributed by atoms with E-state index in [9.17, 15) is 8.42 Å². The van der Waals surface area contributed by atoms with Crippen molar-refractivity contribution in [3.63, 3.8) is 0 Å². The molecule has 1 aromatic heterocycles. The van der Waals surface area contributed by atoms with E-state index in [0.717, 1.165) is 16.0 Å². The van der Waals surface area contributed by atoms with Crippen LogP contribution in [0, 0.1) is 6.92 Å². The summed E-state index contributed by atoms with van der Waals surface area (Å²) in [6, 6.07) is 10.6. The van der Waals surface area contributed by atoms with Crippen LogP contribution in [0.4, 0.5) is 0 Å². The Bertz CT molecular complexity index is 1140. The number of benzene rings is 2. The van der Waals surface area contributed by atoms with Crippen LogP contribution < -0.4 is 9.47 Å². The Kier molecular flexibility index (Phi) is 5.70. The van der Waals surface area contributed by atoms with Gasteiger partial charge in [0.25, 0.3) is 5.19 Å². The molecule has 1 fully saturated rings. The van der Waals surface area contributed by atoms with Crippen molar-refractivity contribution in [1.82, 2.24) is 9.29 Å². The lowest BCUT2D eigenvalue weighted by Crippen LogP contribution is -2.41. The average Bonchev–Trinajstić information content (AvgIpc) is 3.11. The summed E-state index contributed by atoms with van der Waals surface area (Å²) in [7, 11) is -1.94. The standard InChI is InChI=1S/C20H21ClN2O4S2/c1-13-3-4-14(21)11-19(13)29(24,25)23-9-7-15(8-10-23)27-20-22-17-6-5-16(26-2)12-18(17)28-20/h3-6,11-12,15H,7-10H2,1-2H3. The molecule has 9 heteroatoms. The van der Waals surface area contributed by atoms with Crippen molar-refractivity contribution in [1.29, 1.82) is 0 Å². The first-order chi connectivity index (χ1) is 13.9. The molecule has 0 N–H and O–H groups in total. The van der Waals surface area contributed by atoms with E-state index in [0.29, 0.717) is 41.7 Å². The quantitative estimate of drug-likeness (QED) is 0.570. The number of methoxy groups -OCH3 is 1. The second-order valence-electron chi connectivity index (χ2n) is 6.94. The minimum absolute atomic E-state index is 0.0654. The third-order valence-electron chi connectivity index (χ3n) is 5.01. The SMILES string of the molecule is COc1ccc2nc(OC3CCN(S(=O)(=O)c4cc(Cl)ccc4C)CC3)sc2c1. The van der Waals surface area contributed by atoms with Crippen molar-refractivity contribution in [2.45, 2.75) is 30.8 Å². The molecule has 154 valence electrons. The maximum Gasteiger partial charge on any atom is 0.274 e. The van der Waals surface area contributed by atoms with Crippen molar-refractivity contribution in [2.75, 3.05) is 20.2 Å². The third kappa shape index (κ3) is 4.21. The van der Waals surface area contributed by atoms with Gasteiger partial charge in [-0.25, -0.2) is 13.4 Å². The number of piperidine rings is 1. The Labute approximate surface area is 179 Å². The Balaban J connectivity index is 1.43. The normalized spacial score (nSPS) is 16.2. The molecule has 4 rings (SSSR count). The van der Waals surface area contributed by atoms with Crippen LogP contribution in [0.25, 0.3) is 10.2 Å². The summed E-state index contributed by atoms with van der Waals surface area (Å²) in [4.78, 5) is 4.78. The van der Waals surface area contributed by atoms with Gasteiger partial charge in [0, 0.05) is 18.1 Å². The fourth-order valence-electron chi connectivity index (χ4n) is 3.38. The molecule has 1 aliphatic heterocycles. The Morgan fingerprint density at radius 3 is 2.66 bits per heavy atom. The van der Waals surface area contributed by atoms with Crippen LogP contribution in [0.2, 0.25) is 5.02 Å². The topological polar surface area (TPSA) is 68.7 Å². The highest BCUT2D eigenvalue weighted by molar-refractivity contribution is 7.89. The molecular weight excluding hydrogens is 432 g/mol. The zero-order valence-electron chi connectivity index (χ0n) is 16.1. The van der Waals surface area contributed by atoms with Gasteiger partial charge in [-0.05, 0) is 55.7 Å². The highest BCUT2D eigenvalue weighted by Gasteiger charge is 2.31. The number of hydrogen-bond acceptors (Lipinski definition) is 6. The highest BCUT2D eigenvalue weighted by Crippen LogP contribution is 2.33. The third-order valence-corrected chi connectivity index (χ3v) is 8.20. The highest BCUT2D eigenvalue weighted by atomic mass is 35.5. The van der Waals surface area contributed by atoms with Crippen LogP contribution in [0.3, 0.4) is 0 Å². The molecule has 0 unspecified atom stereocenters. The molecule has 2 heterocycles. The van der Waals surface area contributed by atoms with Gasteiger partial charge in [-0.2, -0.15) is 4.31 Å². The monoisotopic (exact) mass is 452 g/mol. The lowest BCUT2D eigenvalue weighted by atomic mass is 10.1. The summed E-state index contributed by atoms with van der Waals surface area (Å²) in [6.45, 7) is 2.58. The maximum absolute atomic E-state index is 13.0. The van der Waals surface area contributed by atoms with Crippen molar-refractivity contribution in [2.24, 2.45) is 0 Å². The van der Waals surface area contributed by atoms with E-state index >= 15 is 0 Å². The summed E-state index contributed by atoms with van der Waals surface area (Å²) in [5.41, 5.74) is 1.56. The first-order valence-corrected chi connectivity index (χ1v) is 11.9. The fourth-order valence-corrected chi connectivity index (χ4v) is 6.25. The molecule has 0 spiro atoms. The molecular formula is C20H21ClN2O4S2. The Morgan fingerprint density at radius 1 is 1.17 bits per heavy atom. The molecule has 1 saturated heterocycles. The number of hydrogen-bond donors (Lipinski definition) is 0. The molecule has 0 amide bonds. The van der Waals surface area contributed by atoms with Crippen molar-refractivity contribution >= 4 is 43.2 Å². The molecule has 29 heavy (non-hydrogen) atoms. The lowest BCUT2D eigenvalue weighted by Gasteiger charge is -2.31. The van der Waals surface area contributed by atoms with Gasteiger partial charge in [0.15, 0.2) is 0 Å². The molecule has 3 aromatic rings. The van der Waals surface area contributed by atoms with Crippen LogP contribution >= 0.6 is 22.9 Å². The predicted octanol–water partition coefficient (Wildman–Crippen LogP) is 4.50. The van der Waals surface area contributed by atoms with Crippen LogP contribution in [-0.2, 0) is 10.0 Å². The van der Waals surface area contributed by atoms with Crippen LogP contribution in [0.5, 0.6) is 10.9 Å². The van der Waals surface area contributed by atoms with Gasteiger partial charge in [0.2, 0.25) is 10.0 Å². The second kappa shape index (κ2) is 8.10. The summed E-state index contributed by atoms with van der Waals surface area (Å²) in [5.74, 6) is 0.780. The number of aryl methyl sites for hydroxylation is 1. The van der Waals surface area contributed by atoms with Crippen LogP contribution in [-0.4, -0.2) is 44.0 Å². The fraction of sp³-hybridized carbons (Fsp3) is 0.350. The van der Waals surface area contributed by atoms with E-state index in [1.807, 2.05) is 18.2 Å². The summed E-state index contributed by atoms with van der Waals surface area (Å²) in [6.07, 6.45) is 1.15. The van der Waals surface area contributed by atoms with Gasteiger partial charge in [-0.15, -0.1) is 0 Å². The number of aromatic nitrogens is 1. The van der Waals surface area contributed by atoms with Crippen molar-refractivity contribution in [3.8, 4) is 10.9 Å². The predicted molar refractivity (Wildman–Crippen MR) is 115 cm³/mol. The Hall–Kier alpha value is -1.87. The largest absolute Gasteiger partial charge is 0.497 e. The minimum atomic E-state index is -3.57. The molecule has 1 aliphatic rings. The first kappa shape index (κ1) is 20.4. The summed E-state index contributed by atoms with van der Waals surface area (Å²) < 4.78 is 39.8. The van der Waals surface area contributed by atoms with E-state index in [1.165, 1.54) is 21.7 Å². The minimum Gasteiger partial charge on any atom is -0.497 e. The van der Waals surface area contributed by atoms with E-state index in [1.54, 1.807) is 26.2 Å². The zero-order valence-corrected chi connectivity index (χ0v) is 18.5. The van der Waals surface area contributed by atoms with Gasteiger partial charge in [0.05, 0.1) is 22.2 Å². The number of rotatable bonds is 5. The van der Waals surface area contributed by atoms with Crippen LogP contribution in [0.15, 0.2) is 41.3 Å². The smallest absolute Gasteiger partial charge is 0.274 e. The molecule has 0 radical (unpaired) electrons. The zero-order chi connectivity index (χ0) is 20.6. The number of ether oxygens (including phenoxy) is 2. The second-order valence-corrected chi connectivity index (χ2v) is 10.3. The van der Waals surface area contributed by atoms with Crippen LogP contribution in [0.1, 0.15) is 18.4 Å². The summed E-state index contributed by atoms with van der Waals surface area (Å²) in [5, 5.41) is 1.01. The number of fused-ring (bicyclic) bond motifs is 1. The molecule has 2 aromatic carbocycles. The molecule has 0 atom stereocenters.